The molecule has 0 bridgehead atoms. The molecule has 9 heteroatoms. The van der Waals surface area contributed by atoms with Gasteiger partial charge in [-0.15, -0.1) is 0 Å². The van der Waals surface area contributed by atoms with Crippen molar-refractivity contribution in [3.63, 3.8) is 0 Å². The Bertz CT molecular complexity index is 1170. The van der Waals surface area contributed by atoms with Gasteiger partial charge in [-0.3, -0.25) is 14.9 Å². The third kappa shape index (κ3) is 4.41. The van der Waals surface area contributed by atoms with E-state index in [1.807, 2.05) is 0 Å². The normalized spacial score (nSPS) is 21.5. The molecule has 2 heterocycles. The Morgan fingerprint density at radius 3 is 2.39 bits per heavy atom. The largest absolute Gasteiger partial charge is 0.416 e. The Morgan fingerprint density at radius 1 is 1.09 bits per heavy atom. The number of allylic oxidation sites excluding steroid dienone is 2. The van der Waals surface area contributed by atoms with Crippen molar-refractivity contribution in [2.45, 2.75) is 31.2 Å². The van der Waals surface area contributed by atoms with Gasteiger partial charge < -0.3 is 10.0 Å². The lowest BCUT2D eigenvalue weighted by atomic mass is 9.88. The maximum absolute atomic E-state index is 13.5. The Labute approximate surface area is 193 Å². The summed E-state index contributed by atoms with van der Waals surface area (Å²) in [6, 6.07) is 11.5. The summed E-state index contributed by atoms with van der Waals surface area (Å²) < 4.78 is 40.6. The van der Waals surface area contributed by atoms with Crippen molar-refractivity contribution in [1.29, 1.82) is 0 Å². The Morgan fingerprint density at radius 2 is 1.76 bits per heavy atom. The second-order valence-electron chi connectivity index (χ2n) is 7.97. The van der Waals surface area contributed by atoms with Gasteiger partial charge in [0.2, 0.25) is 11.8 Å². The lowest BCUT2D eigenvalue weighted by Crippen LogP contribution is -2.39. The second kappa shape index (κ2) is 8.68. The topological polar surface area (TPSA) is 69.6 Å². The van der Waals surface area contributed by atoms with Crippen LogP contribution in [0.25, 0.3) is 16.7 Å². The number of carbonyl (C=O) groups is 2. The second-order valence-corrected chi connectivity index (χ2v) is 8.35. The van der Waals surface area contributed by atoms with Gasteiger partial charge in [-0.1, -0.05) is 54.1 Å². The molecular formula is C24H20ClF3N2O3. The number of rotatable bonds is 3. The highest BCUT2D eigenvalue weighted by atomic mass is 35.5. The molecule has 2 amide bonds. The first kappa shape index (κ1) is 23.1. The number of likely N-dealkylation sites (N-methyl/N-ethyl adjacent to an activating group) is 1. The molecule has 172 valence electrons. The van der Waals surface area contributed by atoms with Gasteiger partial charge in [-0.05, 0) is 29.2 Å². The summed E-state index contributed by atoms with van der Waals surface area (Å²) >= 11 is 6.61. The zero-order chi connectivity index (χ0) is 23.9. The highest BCUT2D eigenvalue weighted by molar-refractivity contribution is 6.34. The number of hydrogen-bond acceptors (Lipinski definition) is 4. The minimum atomic E-state index is -4.62. The first-order chi connectivity index (χ1) is 15.6. The van der Waals surface area contributed by atoms with Gasteiger partial charge in [-0.25, -0.2) is 0 Å². The molecule has 0 spiro atoms. The van der Waals surface area contributed by atoms with E-state index in [9.17, 15) is 27.9 Å². The standard InChI is InChI=1S/C24H20ClF3N2O3/c1-30-12-11-18(24(26,27)28)20(23(30)33)14-7-5-13(6-8-14)15-3-2-4-16(21(15)25)17-9-10-19(31)29-22(17)32/h2-8,11-12,17,23,33H,9-10H2,1H3,(H,29,31,32). The Kier molecular flexibility index (Phi) is 6.07. The molecule has 4 rings (SSSR count). The van der Waals surface area contributed by atoms with Crippen molar-refractivity contribution >= 4 is 29.0 Å². The number of aliphatic hydroxyl groups is 1. The van der Waals surface area contributed by atoms with E-state index >= 15 is 0 Å². The number of halogens is 4. The molecule has 0 aliphatic carbocycles. The molecule has 1 saturated heterocycles. The van der Waals surface area contributed by atoms with Gasteiger partial charge in [0.15, 0.2) is 6.23 Å². The summed E-state index contributed by atoms with van der Waals surface area (Å²) in [5, 5.41) is 13.1. The average Bonchev–Trinajstić information content (AvgIpc) is 2.76. The van der Waals surface area contributed by atoms with Crippen LogP contribution in [0.5, 0.6) is 0 Å². The lowest BCUT2D eigenvalue weighted by molar-refractivity contribution is -0.134. The van der Waals surface area contributed by atoms with Gasteiger partial charge >= 0.3 is 6.18 Å². The summed E-state index contributed by atoms with van der Waals surface area (Å²) in [6.45, 7) is 0. The highest BCUT2D eigenvalue weighted by Gasteiger charge is 2.39. The first-order valence-corrected chi connectivity index (χ1v) is 10.6. The average molecular weight is 477 g/mol. The van der Waals surface area contributed by atoms with Crippen LogP contribution in [0, 0.1) is 0 Å². The maximum Gasteiger partial charge on any atom is 0.416 e. The van der Waals surface area contributed by atoms with Crippen molar-refractivity contribution < 1.29 is 27.9 Å². The van der Waals surface area contributed by atoms with E-state index in [4.69, 9.17) is 11.6 Å². The molecule has 2 N–H and O–H groups in total. The zero-order valence-corrected chi connectivity index (χ0v) is 18.2. The molecule has 2 aromatic carbocycles. The molecule has 2 atom stereocenters. The summed E-state index contributed by atoms with van der Waals surface area (Å²) in [5.74, 6) is -1.29. The van der Waals surface area contributed by atoms with E-state index in [1.54, 1.807) is 30.3 Å². The number of imide groups is 1. The molecule has 2 unspecified atom stereocenters. The SMILES string of the molecule is CN1C=CC(C(F)(F)F)=C(c2ccc(-c3cccc(C4CCC(=O)NC4=O)c3Cl)cc2)C1O. The minimum Gasteiger partial charge on any atom is -0.369 e. The monoisotopic (exact) mass is 476 g/mol. The van der Waals surface area contributed by atoms with Crippen LogP contribution in [0.2, 0.25) is 5.02 Å². The fourth-order valence-corrected chi connectivity index (χ4v) is 4.49. The fraction of sp³-hybridized carbons (Fsp3) is 0.250. The summed E-state index contributed by atoms with van der Waals surface area (Å²) in [6.07, 6.45) is -3.38. The van der Waals surface area contributed by atoms with Gasteiger partial charge in [-0.2, -0.15) is 13.2 Å². The van der Waals surface area contributed by atoms with Gasteiger partial charge in [0, 0.05) is 30.8 Å². The van der Waals surface area contributed by atoms with E-state index in [0.29, 0.717) is 28.1 Å². The minimum absolute atomic E-state index is 0.216. The summed E-state index contributed by atoms with van der Waals surface area (Å²) in [4.78, 5) is 25.0. The van der Waals surface area contributed by atoms with Crippen LogP contribution >= 0.6 is 11.6 Å². The van der Waals surface area contributed by atoms with Crippen LogP contribution in [0.1, 0.15) is 29.9 Å². The van der Waals surface area contributed by atoms with E-state index in [-0.39, 0.29) is 23.5 Å². The van der Waals surface area contributed by atoms with E-state index in [2.05, 4.69) is 5.32 Å². The van der Waals surface area contributed by atoms with E-state index < -0.39 is 29.8 Å². The summed E-state index contributed by atoms with van der Waals surface area (Å²) in [7, 11) is 1.49. The number of alkyl halides is 3. The van der Waals surface area contributed by atoms with Crippen LogP contribution in [0.3, 0.4) is 0 Å². The van der Waals surface area contributed by atoms with Crippen LogP contribution in [-0.4, -0.2) is 41.3 Å². The van der Waals surface area contributed by atoms with E-state index in [1.165, 1.54) is 30.3 Å². The molecule has 2 aromatic rings. The van der Waals surface area contributed by atoms with Crippen LogP contribution < -0.4 is 5.32 Å². The number of hydrogen-bond donors (Lipinski definition) is 2. The number of nitrogens with one attached hydrogen (secondary N) is 1. The first-order valence-electron chi connectivity index (χ1n) is 10.2. The molecular weight excluding hydrogens is 457 g/mol. The maximum atomic E-state index is 13.5. The molecule has 5 nitrogen and oxygen atoms in total. The third-order valence-corrected chi connectivity index (χ3v) is 6.29. The molecule has 1 fully saturated rings. The van der Waals surface area contributed by atoms with E-state index in [0.717, 1.165) is 6.08 Å². The van der Waals surface area contributed by atoms with Gasteiger partial charge in [0.05, 0.1) is 16.5 Å². The highest BCUT2D eigenvalue weighted by Crippen LogP contribution is 2.40. The molecule has 0 radical (unpaired) electrons. The Hall–Kier alpha value is -3.10. The van der Waals surface area contributed by atoms with Crippen molar-refractivity contribution in [3.05, 3.63) is 76.5 Å². The number of piperidine rings is 1. The molecule has 2 aliphatic heterocycles. The predicted octanol–water partition coefficient (Wildman–Crippen LogP) is 4.62. The summed E-state index contributed by atoms with van der Waals surface area (Å²) in [5.41, 5.74) is 0.922. The van der Waals surface area contributed by atoms with Crippen molar-refractivity contribution in [2.24, 2.45) is 0 Å². The lowest BCUT2D eigenvalue weighted by Gasteiger charge is -2.31. The third-order valence-electron chi connectivity index (χ3n) is 5.87. The van der Waals surface area contributed by atoms with Crippen molar-refractivity contribution in [1.82, 2.24) is 10.2 Å². The van der Waals surface area contributed by atoms with Gasteiger partial charge in [0.25, 0.3) is 0 Å². The quantitative estimate of drug-likeness (QED) is 0.634. The smallest absolute Gasteiger partial charge is 0.369 e. The number of nitrogens with zero attached hydrogens (tertiary/aromatic N) is 1. The van der Waals surface area contributed by atoms with Crippen LogP contribution in [0.15, 0.2) is 60.3 Å². The molecule has 33 heavy (non-hydrogen) atoms. The predicted molar refractivity (Wildman–Crippen MR) is 118 cm³/mol. The number of amides is 2. The Balaban J connectivity index is 1.71. The van der Waals surface area contributed by atoms with Crippen molar-refractivity contribution in [3.8, 4) is 11.1 Å². The number of benzene rings is 2. The van der Waals surface area contributed by atoms with Crippen LogP contribution in [-0.2, 0) is 9.59 Å². The van der Waals surface area contributed by atoms with Crippen molar-refractivity contribution in [2.75, 3.05) is 7.05 Å². The molecule has 0 aromatic heterocycles. The van der Waals surface area contributed by atoms with Gasteiger partial charge in [0.1, 0.15) is 0 Å². The number of carbonyl (C=O) groups excluding carboxylic acids is 2. The number of aliphatic hydroxyl groups excluding tert-OH is 1. The molecule has 2 aliphatic rings. The molecule has 0 saturated carbocycles. The zero-order valence-electron chi connectivity index (χ0n) is 17.5. The fourth-order valence-electron chi connectivity index (χ4n) is 4.12. The van der Waals surface area contributed by atoms with Crippen LogP contribution in [0.4, 0.5) is 13.2 Å².